The van der Waals surface area contributed by atoms with Crippen molar-refractivity contribution < 1.29 is 0 Å². The van der Waals surface area contributed by atoms with Gasteiger partial charge in [-0.25, -0.2) is 0 Å². The number of rotatable bonds is 1. The van der Waals surface area contributed by atoms with Crippen molar-refractivity contribution in [2.24, 2.45) is 0 Å². The summed E-state index contributed by atoms with van der Waals surface area (Å²) in [5.41, 5.74) is 2.42. The molecule has 0 aliphatic heterocycles. The Balaban J connectivity index is 2.83. The number of hydrogen-bond donors (Lipinski definition) is 0. The first-order valence-electron chi connectivity index (χ1n) is 3.96. The number of benzene rings is 1. The minimum Gasteiger partial charge on any atom is -0.123 e. The fourth-order valence-electron chi connectivity index (χ4n) is 1.40. The van der Waals surface area contributed by atoms with E-state index in [1.54, 1.807) is 11.3 Å². The predicted octanol–water partition coefficient (Wildman–Crippen LogP) is 4.60. The molecule has 0 saturated carbocycles. The zero-order chi connectivity index (χ0) is 9.42. The smallest absolute Gasteiger partial charge is 0.0941 e. The second-order valence-electron chi connectivity index (χ2n) is 2.97. The van der Waals surface area contributed by atoms with Gasteiger partial charge in [-0.2, -0.15) is 0 Å². The summed E-state index contributed by atoms with van der Waals surface area (Å²) in [5.74, 6) is 0.545. The molecule has 0 aliphatic rings. The van der Waals surface area contributed by atoms with Crippen LogP contribution in [0.25, 0.3) is 10.1 Å². The Morgan fingerprint density at radius 3 is 2.85 bits per heavy atom. The molecule has 0 unspecified atom stereocenters. The van der Waals surface area contributed by atoms with Crippen molar-refractivity contribution in [1.82, 2.24) is 0 Å². The molecule has 0 amide bonds. The number of thiophene rings is 1. The number of alkyl halides is 1. The van der Waals surface area contributed by atoms with E-state index >= 15 is 0 Å². The molecule has 0 nitrogen and oxygen atoms in total. The van der Waals surface area contributed by atoms with Crippen LogP contribution in [0.4, 0.5) is 0 Å². The molecule has 0 N–H and O–H groups in total. The van der Waals surface area contributed by atoms with E-state index in [4.69, 9.17) is 23.2 Å². The van der Waals surface area contributed by atoms with E-state index in [1.165, 1.54) is 15.6 Å². The van der Waals surface area contributed by atoms with Gasteiger partial charge in [-0.15, -0.1) is 22.9 Å². The van der Waals surface area contributed by atoms with Gasteiger partial charge in [-0.3, -0.25) is 0 Å². The van der Waals surface area contributed by atoms with E-state index in [1.807, 2.05) is 6.07 Å². The summed E-state index contributed by atoms with van der Waals surface area (Å²) < 4.78 is 2.08. The Morgan fingerprint density at radius 2 is 2.15 bits per heavy atom. The highest BCUT2D eigenvalue weighted by molar-refractivity contribution is 7.22. The second-order valence-corrected chi connectivity index (χ2v) is 4.92. The zero-order valence-corrected chi connectivity index (χ0v) is 9.43. The summed E-state index contributed by atoms with van der Waals surface area (Å²) in [6.45, 7) is 2.09. The topological polar surface area (TPSA) is 0 Å². The first kappa shape index (κ1) is 9.32. The Kier molecular flexibility index (Phi) is 2.50. The van der Waals surface area contributed by atoms with Gasteiger partial charge in [0, 0.05) is 10.6 Å². The van der Waals surface area contributed by atoms with Crippen molar-refractivity contribution in [3.05, 3.63) is 33.7 Å². The molecule has 3 heteroatoms. The zero-order valence-electron chi connectivity index (χ0n) is 7.10. The van der Waals surface area contributed by atoms with E-state index in [2.05, 4.69) is 19.1 Å². The molecular formula is C10H8Cl2S. The molecule has 1 heterocycles. The van der Waals surface area contributed by atoms with Crippen LogP contribution in [0, 0.1) is 6.92 Å². The maximum Gasteiger partial charge on any atom is 0.0941 e. The SMILES string of the molecule is Cc1ccc(CCl)c2cc(Cl)sc12. The highest BCUT2D eigenvalue weighted by Crippen LogP contribution is 2.34. The van der Waals surface area contributed by atoms with Gasteiger partial charge in [0.05, 0.1) is 4.34 Å². The van der Waals surface area contributed by atoms with Crippen molar-refractivity contribution in [3.8, 4) is 0 Å². The Bertz CT molecular complexity index is 445. The van der Waals surface area contributed by atoms with Crippen LogP contribution in [-0.4, -0.2) is 0 Å². The highest BCUT2D eigenvalue weighted by Gasteiger charge is 2.06. The van der Waals surface area contributed by atoms with Crippen molar-refractivity contribution >= 4 is 44.6 Å². The number of fused-ring (bicyclic) bond motifs is 1. The summed E-state index contributed by atoms with van der Waals surface area (Å²) in [7, 11) is 0. The van der Waals surface area contributed by atoms with Crippen molar-refractivity contribution in [1.29, 1.82) is 0 Å². The average Bonchev–Trinajstić information content (AvgIpc) is 2.48. The van der Waals surface area contributed by atoms with E-state index in [9.17, 15) is 0 Å². The van der Waals surface area contributed by atoms with E-state index in [-0.39, 0.29) is 0 Å². The van der Waals surface area contributed by atoms with Gasteiger partial charge in [0.2, 0.25) is 0 Å². The molecule has 0 saturated heterocycles. The van der Waals surface area contributed by atoms with Crippen LogP contribution in [0.5, 0.6) is 0 Å². The summed E-state index contributed by atoms with van der Waals surface area (Å²) in [6.07, 6.45) is 0. The minimum atomic E-state index is 0.545. The lowest BCUT2D eigenvalue weighted by molar-refractivity contribution is 1.43. The van der Waals surface area contributed by atoms with Crippen molar-refractivity contribution in [2.75, 3.05) is 0 Å². The molecule has 0 aliphatic carbocycles. The largest absolute Gasteiger partial charge is 0.123 e. The molecule has 0 radical (unpaired) electrons. The van der Waals surface area contributed by atoms with Gasteiger partial charge < -0.3 is 0 Å². The first-order valence-corrected chi connectivity index (χ1v) is 5.69. The predicted molar refractivity (Wildman–Crippen MR) is 61.1 cm³/mol. The van der Waals surface area contributed by atoms with Gasteiger partial charge in [0.25, 0.3) is 0 Å². The third-order valence-corrected chi connectivity index (χ3v) is 3.77. The number of halogens is 2. The Hall–Kier alpha value is -0.240. The van der Waals surface area contributed by atoms with Crippen LogP contribution >= 0.6 is 34.5 Å². The maximum atomic E-state index is 5.96. The van der Waals surface area contributed by atoms with E-state index in [0.717, 1.165) is 9.90 Å². The molecular weight excluding hydrogens is 223 g/mol. The van der Waals surface area contributed by atoms with Crippen molar-refractivity contribution in [2.45, 2.75) is 12.8 Å². The second kappa shape index (κ2) is 3.49. The van der Waals surface area contributed by atoms with Crippen LogP contribution in [0.15, 0.2) is 18.2 Å². The summed E-state index contributed by atoms with van der Waals surface area (Å²) in [4.78, 5) is 0. The molecule has 68 valence electrons. The molecule has 13 heavy (non-hydrogen) atoms. The average molecular weight is 231 g/mol. The maximum absolute atomic E-state index is 5.96. The van der Waals surface area contributed by atoms with Gasteiger partial charge in [-0.05, 0) is 29.5 Å². The third-order valence-electron chi connectivity index (χ3n) is 2.08. The van der Waals surface area contributed by atoms with Crippen molar-refractivity contribution in [3.63, 3.8) is 0 Å². The van der Waals surface area contributed by atoms with Crippen LogP contribution in [0.3, 0.4) is 0 Å². The lowest BCUT2D eigenvalue weighted by Crippen LogP contribution is -1.80. The van der Waals surface area contributed by atoms with Gasteiger partial charge in [-0.1, -0.05) is 23.7 Å². The number of hydrogen-bond acceptors (Lipinski definition) is 1. The van der Waals surface area contributed by atoms with Gasteiger partial charge >= 0.3 is 0 Å². The van der Waals surface area contributed by atoms with Crippen LogP contribution < -0.4 is 0 Å². The fourth-order valence-corrected chi connectivity index (χ4v) is 2.87. The minimum absolute atomic E-state index is 0.545. The molecule has 1 aromatic heterocycles. The standard InChI is InChI=1S/C10H8Cl2S/c1-6-2-3-7(5-11)8-4-9(12)13-10(6)8/h2-4H,5H2,1H3. The first-order chi connectivity index (χ1) is 6.22. The van der Waals surface area contributed by atoms with E-state index in [0.29, 0.717) is 5.88 Å². The summed E-state index contributed by atoms with van der Waals surface area (Å²) in [6, 6.07) is 6.15. The van der Waals surface area contributed by atoms with Crippen LogP contribution in [0.1, 0.15) is 11.1 Å². The van der Waals surface area contributed by atoms with Crippen LogP contribution in [-0.2, 0) is 5.88 Å². The molecule has 2 rings (SSSR count). The molecule has 0 spiro atoms. The molecule has 1 aromatic carbocycles. The molecule has 0 bridgehead atoms. The summed E-state index contributed by atoms with van der Waals surface area (Å²) >= 11 is 13.4. The fraction of sp³-hybridized carbons (Fsp3) is 0.200. The van der Waals surface area contributed by atoms with Gasteiger partial charge in [0.1, 0.15) is 0 Å². The highest BCUT2D eigenvalue weighted by atomic mass is 35.5. The van der Waals surface area contributed by atoms with Crippen LogP contribution in [0.2, 0.25) is 4.34 Å². The quantitative estimate of drug-likeness (QED) is 0.629. The number of aryl methyl sites for hydroxylation is 1. The third kappa shape index (κ3) is 1.56. The monoisotopic (exact) mass is 230 g/mol. The summed E-state index contributed by atoms with van der Waals surface area (Å²) in [5, 5.41) is 1.20. The Labute approximate surface area is 91.1 Å². The van der Waals surface area contributed by atoms with Gasteiger partial charge in [0.15, 0.2) is 0 Å². The Morgan fingerprint density at radius 1 is 1.38 bits per heavy atom. The molecule has 0 atom stereocenters. The molecule has 2 aromatic rings. The lowest BCUT2D eigenvalue weighted by Gasteiger charge is -2.00. The normalized spacial score (nSPS) is 11.0. The van der Waals surface area contributed by atoms with E-state index < -0.39 is 0 Å². The molecule has 0 fully saturated rings. The lowest BCUT2D eigenvalue weighted by atomic mass is 10.1.